The van der Waals surface area contributed by atoms with E-state index < -0.39 is 5.54 Å². The van der Waals surface area contributed by atoms with Crippen LogP contribution in [-0.4, -0.2) is 31.3 Å². The summed E-state index contributed by atoms with van der Waals surface area (Å²) in [5.74, 6) is -0.752. The van der Waals surface area contributed by atoms with Crippen molar-refractivity contribution in [3.8, 4) is 0 Å². The quantitative estimate of drug-likeness (QED) is 0.862. The number of hydrogen-bond acceptors (Lipinski definition) is 4. The van der Waals surface area contributed by atoms with Crippen LogP contribution in [0.2, 0.25) is 0 Å². The van der Waals surface area contributed by atoms with E-state index in [2.05, 4.69) is 5.32 Å². The van der Waals surface area contributed by atoms with Gasteiger partial charge in [0.15, 0.2) is 0 Å². The minimum absolute atomic E-state index is 0.0258. The number of para-hydroxylation sites is 1. The first kappa shape index (κ1) is 14.8. The first-order valence-electron chi connectivity index (χ1n) is 6.84. The van der Waals surface area contributed by atoms with E-state index in [4.69, 9.17) is 9.47 Å². The SMILES string of the molecule is CCC1CC(Nc2ccccc2F)(C(=O)OC)CCO1. The van der Waals surface area contributed by atoms with Gasteiger partial charge in [-0.25, -0.2) is 9.18 Å². The molecule has 1 saturated heterocycles. The standard InChI is InChI=1S/C15H20FNO3/c1-3-11-10-15(8-9-20-11,14(18)19-2)17-13-7-5-4-6-12(13)16/h4-7,11,17H,3,8-10H2,1-2H3. The Hall–Kier alpha value is -1.62. The van der Waals surface area contributed by atoms with Crippen LogP contribution in [0.3, 0.4) is 0 Å². The van der Waals surface area contributed by atoms with Crippen molar-refractivity contribution in [1.82, 2.24) is 0 Å². The summed E-state index contributed by atoms with van der Waals surface area (Å²) in [6.07, 6.45) is 1.72. The van der Waals surface area contributed by atoms with Crippen molar-refractivity contribution < 1.29 is 18.7 Å². The third kappa shape index (κ3) is 2.93. The largest absolute Gasteiger partial charge is 0.467 e. The summed E-state index contributed by atoms with van der Waals surface area (Å²) in [4.78, 5) is 12.2. The predicted octanol–water partition coefficient (Wildman–Crippen LogP) is 2.74. The number of benzene rings is 1. The van der Waals surface area contributed by atoms with Crippen molar-refractivity contribution in [2.45, 2.75) is 37.8 Å². The maximum absolute atomic E-state index is 13.8. The van der Waals surface area contributed by atoms with Crippen molar-refractivity contribution in [1.29, 1.82) is 0 Å². The van der Waals surface area contributed by atoms with Gasteiger partial charge in [0.2, 0.25) is 0 Å². The molecular formula is C15H20FNO3. The van der Waals surface area contributed by atoms with Crippen LogP contribution in [0.4, 0.5) is 10.1 Å². The van der Waals surface area contributed by atoms with E-state index in [-0.39, 0.29) is 17.9 Å². The second-order valence-electron chi connectivity index (χ2n) is 5.03. The highest BCUT2D eigenvalue weighted by molar-refractivity contribution is 5.84. The van der Waals surface area contributed by atoms with Crippen LogP contribution in [0.25, 0.3) is 0 Å². The number of esters is 1. The third-order valence-corrected chi connectivity index (χ3v) is 3.74. The van der Waals surface area contributed by atoms with E-state index >= 15 is 0 Å². The van der Waals surface area contributed by atoms with E-state index in [9.17, 15) is 9.18 Å². The maximum Gasteiger partial charge on any atom is 0.331 e. The summed E-state index contributed by atoms with van der Waals surface area (Å²) in [5.41, 5.74) is -0.606. The molecule has 0 amide bonds. The zero-order valence-corrected chi connectivity index (χ0v) is 11.8. The molecule has 2 rings (SSSR count). The van der Waals surface area contributed by atoms with Crippen LogP contribution in [0.5, 0.6) is 0 Å². The topological polar surface area (TPSA) is 47.6 Å². The Morgan fingerprint density at radius 1 is 1.55 bits per heavy atom. The first-order valence-corrected chi connectivity index (χ1v) is 6.84. The third-order valence-electron chi connectivity index (χ3n) is 3.74. The summed E-state index contributed by atoms with van der Waals surface area (Å²) in [7, 11) is 1.35. The number of nitrogens with one attached hydrogen (secondary N) is 1. The summed E-state index contributed by atoms with van der Waals surface area (Å²) in [6, 6.07) is 6.33. The number of methoxy groups -OCH3 is 1. The molecule has 1 aromatic rings. The highest BCUT2D eigenvalue weighted by Gasteiger charge is 2.44. The molecule has 2 atom stereocenters. The Morgan fingerprint density at radius 3 is 2.95 bits per heavy atom. The summed E-state index contributed by atoms with van der Waals surface area (Å²) < 4.78 is 24.3. The minimum Gasteiger partial charge on any atom is -0.467 e. The average molecular weight is 281 g/mol. The summed E-state index contributed by atoms with van der Waals surface area (Å²) in [5, 5.41) is 3.05. The Bertz CT molecular complexity index is 480. The minimum atomic E-state index is -0.921. The van der Waals surface area contributed by atoms with Gasteiger partial charge in [-0.05, 0) is 18.6 Å². The fraction of sp³-hybridized carbons (Fsp3) is 0.533. The number of carbonyl (C=O) groups excluding carboxylic acids is 1. The number of rotatable bonds is 4. The molecule has 1 aliphatic heterocycles. The van der Waals surface area contributed by atoms with Crippen LogP contribution in [0.1, 0.15) is 26.2 Å². The molecule has 0 aromatic heterocycles. The summed E-state index contributed by atoms with van der Waals surface area (Å²) in [6.45, 7) is 2.45. The molecule has 5 heteroatoms. The highest BCUT2D eigenvalue weighted by Crippen LogP contribution is 2.32. The van der Waals surface area contributed by atoms with Gasteiger partial charge in [-0.3, -0.25) is 0 Å². The molecule has 0 saturated carbocycles. The molecular weight excluding hydrogens is 261 g/mol. The van der Waals surface area contributed by atoms with Crippen LogP contribution in [0.15, 0.2) is 24.3 Å². The number of carbonyl (C=O) groups is 1. The van der Waals surface area contributed by atoms with Gasteiger partial charge >= 0.3 is 5.97 Å². The van der Waals surface area contributed by atoms with Crippen molar-refractivity contribution in [2.24, 2.45) is 0 Å². The molecule has 1 aliphatic rings. The van der Waals surface area contributed by atoms with Gasteiger partial charge in [-0.15, -0.1) is 0 Å². The van der Waals surface area contributed by atoms with Crippen LogP contribution >= 0.6 is 0 Å². The van der Waals surface area contributed by atoms with Gasteiger partial charge in [0.05, 0.1) is 18.9 Å². The molecule has 1 fully saturated rings. The van der Waals surface area contributed by atoms with E-state index in [1.807, 2.05) is 6.92 Å². The van der Waals surface area contributed by atoms with Crippen molar-refractivity contribution in [3.63, 3.8) is 0 Å². The number of hydrogen-bond donors (Lipinski definition) is 1. The van der Waals surface area contributed by atoms with E-state index in [0.29, 0.717) is 25.1 Å². The lowest BCUT2D eigenvalue weighted by Gasteiger charge is -2.39. The lowest BCUT2D eigenvalue weighted by molar-refractivity contribution is -0.151. The Labute approximate surface area is 118 Å². The van der Waals surface area contributed by atoms with Gasteiger partial charge in [0.25, 0.3) is 0 Å². The van der Waals surface area contributed by atoms with Gasteiger partial charge in [0, 0.05) is 19.4 Å². The zero-order valence-electron chi connectivity index (χ0n) is 11.8. The number of halogens is 1. The van der Waals surface area contributed by atoms with Crippen LogP contribution < -0.4 is 5.32 Å². The summed E-state index contributed by atoms with van der Waals surface area (Å²) >= 11 is 0. The van der Waals surface area contributed by atoms with E-state index in [1.54, 1.807) is 18.2 Å². The van der Waals surface area contributed by atoms with Gasteiger partial charge < -0.3 is 14.8 Å². The van der Waals surface area contributed by atoms with Crippen molar-refractivity contribution >= 4 is 11.7 Å². The molecule has 20 heavy (non-hydrogen) atoms. The monoisotopic (exact) mass is 281 g/mol. The Balaban J connectivity index is 2.28. The fourth-order valence-corrected chi connectivity index (χ4v) is 2.58. The number of ether oxygens (including phenoxy) is 2. The highest BCUT2D eigenvalue weighted by atomic mass is 19.1. The maximum atomic E-state index is 13.8. The van der Waals surface area contributed by atoms with E-state index in [1.165, 1.54) is 13.2 Å². The molecule has 2 unspecified atom stereocenters. The smallest absolute Gasteiger partial charge is 0.331 e. The van der Waals surface area contributed by atoms with Crippen LogP contribution in [0, 0.1) is 5.82 Å². The molecule has 110 valence electrons. The first-order chi connectivity index (χ1) is 9.61. The second-order valence-corrected chi connectivity index (χ2v) is 5.03. The molecule has 0 spiro atoms. The lowest BCUT2D eigenvalue weighted by Crippen LogP contribution is -2.53. The number of anilines is 1. The van der Waals surface area contributed by atoms with Crippen LogP contribution in [-0.2, 0) is 14.3 Å². The molecule has 1 heterocycles. The van der Waals surface area contributed by atoms with Crippen molar-refractivity contribution in [2.75, 3.05) is 19.0 Å². The lowest BCUT2D eigenvalue weighted by atomic mass is 9.85. The molecule has 0 radical (unpaired) electrons. The zero-order chi connectivity index (χ0) is 14.6. The molecule has 1 aromatic carbocycles. The molecule has 4 nitrogen and oxygen atoms in total. The fourth-order valence-electron chi connectivity index (χ4n) is 2.58. The van der Waals surface area contributed by atoms with Crippen molar-refractivity contribution in [3.05, 3.63) is 30.1 Å². The van der Waals surface area contributed by atoms with Gasteiger partial charge in [-0.1, -0.05) is 19.1 Å². The molecule has 1 N–H and O–H groups in total. The second kappa shape index (κ2) is 6.22. The average Bonchev–Trinajstić information content (AvgIpc) is 2.49. The molecule has 0 bridgehead atoms. The Kier molecular flexibility index (Phi) is 4.60. The van der Waals surface area contributed by atoms with Gasteiger partial charge in [-0.2, -0.15) is 0 Å². The van der Waals surface area contributed by atoms with E-state index in [0.717, 1.165) is 6.42 Å². The normalized spacial score (nSPS) is 26.1. The van der Waals surface area contributed by atoms with Gasteiger partial charge in [0.1, 0.15) is 11.4 Å². The molecule has 0 aliphatic carbocycles. The Morgan fingerprint density at radius 2 is 2.30 bits per heavy atom. The predicted molar refractivity (Wildman–Crippen MR) is 74.0 cm³/mol.